The first-order valence-electron chi connectivity index (χ1n) is 3.87. The zero-order valence-corrected chi connectivity index (χ0v) is 8.69. The van der Waals surface area contributed by atoms with E-state index in [4.69, 9.17) is 23.2 Å². The largest absolute Gasteiger partial charge is 0.230 e. The fraction of sp³-hybridized carbons (Fsp3) is 0.111. The number of hydrogen-bond donors (Lipinski definition) is 0. The maximum absolute atomic E-state index is 13.3. The first kappa shape index (κ1) is 9.62. The lowest BCUT2D eigenvalue weighted by molar-refractivity contribution is 0.636. The van der Waals surface area contributed by atoms with Crippen LogP contribution in [0.4, 0.5) is 4.39 Å². The Morgan fingerprint density at radius 2 is 1.93 bits per heavy atom. The summed E-state index contributed by atoms with van der Waals surface area (Å²) >= 11 is 11.7. The smallest absolute Gasteiger partial charge is 0.149 e. The number of rotatable bonds is 0. The van der Waals surface area contributed by atoms with Crippen LogP contribution in [0, 0.1) is 12.7 Å². The zero-order valence-electron chi connectivity index (χ0n) is 7.18. The molecule has 0 aliphatic heterocycles. The predicted octanol–water partition coefficient (Wildman–Crippen LogP) is 3.38. The summed E-state index contributed by atoms with van der Waals surface area (Å²) in [4.78, 5) is 7.85. The van der Waals surface area contributed by atoms with Crippen molar-refractivity contribution >= 4 is 34.1 Å². The van der Waals surface area contributed by atoms with Crippen molar-refractivity contribution in [1.29, 1.82) is 0 Å². The molecular weight excluding hydrogens is 226 g/mol. The highest BCUT2D eigenvalue weighted by molar-refractivity contribution is 6.41. The number of nitrogens with zero attached hydrogens (tertiary/aromatic N) is 2. The van der Waals surface area contributed by atoms with E-state index in [1.54, 1.807) is 6.92 Å². The van der Waals surface area contributed by atoms with Crippen LogP contribution in [0.1, 0.15) is 5.82 Å². The number of aromatic nitrogens is 2. The molecule has 5 heteroatoms. The molecule has 1 heterocycles. The SMILES string of the molecule is Cc1nc(Cl)c2c(Cl)ccc(F)c2n1. The number of aryl methyl sites for hydroxylation is 1. The van der Waals surface area contributed by atoms with Crippen LogP contribution in [-0.4, -0.2) is 9.97 Å². The number of fused-ring (bicyclic) bond motifs is 1. The highest BCUT2D eigenvalue weighted by atomic mass is 35.5. The van der Waals surface area contributed by atoms with Gasteiger partial charge in [-0.2, -0.15) is 0 Å². The quantitative estimate of drug-likeness (QED) is 0.649. The fourth-order valence-electron chi connectivity index (χ4n) is 1.23. The minimum absolute atomic E-state index is 0.162. The van der Waals surface area contributed by atoms with Gasteiger partial charge in [0.2, 0.25) is 0 Å². The van der Waals surface area contributed by atoms with Crippen LogP contribution in [-0.2, 0) is 0 Å². The molecule has 0 fully saturated rings. The van der Waals surface area contributed by atoms with Crippen LogP contribution in [0.2, 0.25) is 10.2 Å². The average molecular weight is 231 g/mol. The molecule has 72 valence electrons. The molecule has 2 aromatic rings. The van der Waals surface area contributed by atoms with Crippen molar-refractivity contribution in [3.63, 3.8) is 0 Å². The Hall–Kier alpha value is -0.930. The molecule has 0 atom stereocenters. The van der Waals surface area contributed by atoms with E-state index in [-0.39, 0.29) is 10.7 Å². The highest BCUT2D eigenvalue weighted by Crippen LogP contribution is 2.29. The van der Waals surface area contributed by atoms with Gasteiger partial charge in [-0.1, -0.05) is 23.2 Å². The van der Waals surface area contributed by atoms with Crippen molar-refractivity contribution in [3.05, 3.63) is 34.0 Å². The van der Waals surface area contributed by atoms with Crippen LogP contribution >= 0.6 is 23.2 Å². The summed E-state index contributed by atoms with van der Waals surface area (Å²) in [6.07, 6.45) is 0. The van der Waals surface area contributed by atoms with Crippen molar-refractivity contribution in [2.45, 2.75) is 6.92 Å². The summed E-state index contributed by atoms with van der Waals surface area (Å²) in [6, 6.07) is 2.69. The lowest BCUT2D eigenvalue weighted by Crippen LogP contribution is -1.93. The molecule has 1 aromatic heterocycles. The van der Waals surface area contributed by atoms with Gasteiger partial charge in [-0.3, -0.25) is 0 Å². The minimum atomic E-state index is -0.447. The molecule has 14 heavy (non-hydrogen) atoms. The third-order valence-electron chi connectivity index (χ3n) is 1.82. The maximum Gasteiger partial charge on any atom is 0.149 e. The Morgan fingerprint density at radius 1 is 1.21 bits per heavy atom. The Balaban J connectivity index is 3.00. The molecule has 0 N–H and O–H groups in total. The van der Waals surface area contributed by atoms with E-state index < -0.39 is 5.82 Å². The second-order valence-electron chi connectivity index (χ2n) is 2.81. The second kappa shape index (κ2) is 3.33. The van der Waals surface area contributed by atoms with Gasteiger partial charge in [0.25, 0.3) is 0 Å². The van der Waals surface area contributed by atoms with Crippen LogP contribution in [0.5, 0.6) is 0 Å². The van der Waals surface area contributed by atoms with E-state index in [0.29, 0.717) is 16.2 Å². The van der Waals surface area contributed by atoms with Crippen LogP contribution in [0.15, 0.2) is 12.1 Å². The van der Waals surface area contributed by atoms with Crippen molar-refractivity contribution in [1.82, 2.24) is 9.97 Å². The van der Waals surface area contributed by atoms with E-state index in [2.05, 4.69) is 9.97 Å². The van der Waals surface area contributed by atoms with E-state index in [0.717, 1.165) is 0 Å². The lowest BCUT2D eigenvalue weighted by Gasteiger charge is -2.03. The third kappa shape index (κ3) is 1.42. The first-order chi connectivity index (χ1) is 6.59. The molecule has 1 aromatic carbocycles. The van der Waals surface area contributed by atoms with Crippen LogP contribution in [0.25, 0.3) is 10.9 Å². The molecule has 0 aliphatic rings. The molecule has 2 nitrogen and oxygen atoms in total. The van der Waals surface area contributed by atoms with Crippen molar-refractivity contribution in [2.75, 3.05) is 0 Å². The molecule has 0 bridgehead atoms. The van der Waals surface area contributed by atoms with Gasteiger partial charge in [-0.15, -0.1) is 0 Å². The van der Waals surface area contributed by atoms with Gasteiger partial charge in [0.1, 0.15) is 22.3 Å². The van der Waals surface area contributed by atoms with Gasteiger partial charge in [-0.25, -0.2) is 14.4 Å². The van der Waals surface area contributed by atoms with Gasteiger partial charge in [0.05, 0.1) is 10.4 Å². The summed E-state index contributed by atoms with van der Waals surface area (Å²) in [5.41, 5.74) is 0.162. The summed E-state index contributed by atoms with van der Waals surface area (Å²) in [7, 11) is 0. The zero-order chi connectivity index (χ0) is 10.3. The third-order valence-corrected chi connectivity index (χ3v) is 2.41. The summed E-state index contributed by atoms with van der Waals surface area (Å²) in [6.45, 7) is 1.64. The predicted molar refractivity (Wildman–Crippen MR) is 54.3 cm³/mol. The molecule has 0 aliphatic carbocycles. The monoisotopic (exact) mass is 230 g/mol. The van der Waals surface area contributed by atoms with Crippen LogP contribution < -0.4 is 0 Å². The summed E-state index contributed by atoms with van der Waals surface area (Å²) < 4.78 is 13.3. The molecular formula is C9H5Cl2FN2. The minimum Gasteiger partial charge on any atom is -0.230 e. The van der Waals surface area contributed by atoms with Gasteiger partial charge in [0, 0.05) is 0 Å². The Labute approximate surface area is 89.7 Å². The van der Waals surface area contributed by atoms with E-state index in [9.17, 15) is 4.39 Å². The molecule has 2 rings (SSSR count). The summed E-state index contributed by atoms with van der Waals surface area (Å²) in [5, 5.41) is 0.891. The molecule has 0 saturated carbocycles. The maximum atomic E-state index is 13.3. The average Bonchev–Trinajstić information content (AvgIpc) is 2.10. The van der Waals surface area contributed by atoms with Gasteiger partial charge >= 0.3 is 0 Å². The van der Waals surface area contributed by atoms with Crippen molar-refractivity contribution < 1.29 is 4.39 Å². The van der Waals surface area contributed by atoms with E-state index in [1.807, 2.05) is 0 Å². The molecule has 0 saturated heterocycles. The summed E-state index contributed by atoms with van der Waals surface area (Å²) in [5.74, 6) is -0.0273. The highest BCUT2D eigenvalue weighted by Gasteiger charge is 2.11. The lowest BCUT2D eigenvalue weighted by atomic mass is 10.2. The molecule has 0 spiro atoms. The number of halogens is 3. The van der Waals surface area contributed by atoms with Crippen molar-refractivity contribution in [3.8, 4) is 0 Å². The molecule has 0 unspecified atom stereocenters. The fourth-order valence-corrected chi connectivity index (χ4v) is 1.84. The van der Waals surface area contributed by atoms with Gasteiger partial charge < -0.3 is 0 Å². The topological polar surface area (TPSA) is 25.8 Å². The van der Waals surface area contributed by atoms with Crippen molar-refractivity contribution in [2.24, 2.45) is 0 Å². The normalized spacial score (nSPS) is 10.9. The number of hydrogen-bond acceptors (Lipinski definition) is 2. The standard InChI is InChI=1S/C9H5Cl2FN2/c1-4-13-8-6(12)3-2-5(10)7(8)9(11)14-4/h2-3H,1H3. The van der Waals surface area contributed by atoms with Gasteiger partial charge in [0.15, 0.2) is 0 Å². The van der Waals surface area contributed by atoms with E-state index >= 15 is 0 Å². The van der Waals surface area contributed by atoms with E-state index in [1.165, 1.54) is 12.1 Å². The van der Waals surface area contributed by atoms with Gasteiger partial charge in [-0.05, 0) is 19.1 Å². The Kier molecular flexibility index (Phi) is 2.29. The Bertz CT molecular complexity index is 514. The Morgan fingerprint density at radius 3 is 2.64 bits per heavy atom. The second-order valence-corrected chi connectivity index (χ2v) is 3.58. The van der Waals surface area contributed by atoms with Crippen LogP contribution in [0.3, 0.4) is 0 Å². The molecule has 0 radical (unpaired) electrons. The molecule has 0 amide bonds. The number of benzene rings is 1. The first-order valence-corrected chi connectivity index (χ1v) is 4.63.